The third-order valence-corrected chi connectivity index (χ3v) is 4.85. The molecule has 2 amide bonds. The molecule has 26 heavy (non-hydrogen) atoms. The van der Waals surface area contributed by atoms with Crippen LogP contribution < -0.4 is 10.2 Å². The molecule has 6 heteroatoms. The van der Waals surface area contributed by atoms with Crippen molar-refractivity contribution in [2.24, 2.45) is 0 Å². The second kappa shape index (κ2) is 6.50. The Balaban J connectivity index is 1.55. The summed E-state index contributed by atoms with van der Waals surface area (Å²) < 4.78 is 5.68. The average Bonchev–Trinajstić information content (AvgIpc) is 3.19. The van der Waals surface area contributed by atoms with Crippen LogP contribution in [0.15, 0.2) is 46.9 Å². The molecule has 2 aromatic carbocycles. The largest absolute Gasteiger partial charge is 0.451 e. The monoisotopic (exact) mass is 368 g/mol. The van der Waals surface area contributed by atoms with Crippen LogP contribution in [0.5, 0.6) is 0 Å². The molecule has 4 rings (SSSR count). The topological polar surface area (TPSA) is 62.6 Å². The zero-order chi connectivity index (χ0) is 18.3. The van der Waals surface area contributed by atoms with Gasteiger partial charge in [0.05, 0.1) is 0 Å². The van der Waals surface area contributed by atoms with Gasteiger partial charge in [0.1, 0.15) is 5.58 Å². The predicted octanol–water partition coefficient (Wildman–Crippen LogP) is 4.77. The maximum Gasteiger partial charge on any atom is 0.291 e. The number of anilines is 2. The Morgan fingerprint density at radius 3 is 2.65 bits per heavy atom. The van der Waals surface area contributed by atoms with Crippen molar-refractivity contribution in [3.63, 3.8) is 0 Å². The Kier molecular flexibility index (Phi) is 4.17. The van der Waals surface area contributed by atoms with Crippen molar-refractivity contribution in [1.82, 2.24) is 0 Å². The minimum Gasteiger partial charge on any atom is -0.451 e. The molecule has 0 saturated carbocycles. The summed E-state index contributed by atoms with van der Waals surface area (Å²) in [5, 5.41) is 4.26. The lowest BCUT2D eigenvalue weighted by Gasteiger charge is -2.16. The number of fused-ring (bicyclic) bond motifs is 1. The van der Waals surface area contributed by atoms with E-state index < -0.39 is 0 Å². The quantitative estimate of drug-likeness (QED) is 0.724. The van der Waals surface area contributed by atoms with Gasteiger partial charge in [0, 0.05) is 40.3 Å². The van der Waals surface area contributed by atoms with Crippen molar-refractivity contribution in [1.29, 1.82) is 0 Å². The van der Waals surface area contributed by atoms with Gasteiger partial charge >= 0.3 is 0 Å². The van der Waals surface area contributed by atoms with Gasteiger partial charge in [-0.1, -0.05) is 11.6 Å². The lowest BCUT2D eigenvalue weighted by molar-refractivity contribution is -0.117. The van der Waals surface area contributed by atoms with Crippen LogP contribution in [0.2, 0.25) is 5.02 Å². The molecule has 0 spiro atoms. The smallest absolute Gasteiger partial charge is 0.291 e. The van der Waals surface area contributed by atoms with E-state index in [1.807, 2.05) is 19.1 Å². The number of benzene rings is 2. The zero-order valence-corrected chi connectivity index (χ0v) is 15.0. The number of hydrogen-bond acceptors (Lipinski definition) is 3. The van der Waals surface area contributed by atoms with Crippen molar-refractivity contribution in [3.8, 4) is 0 Å². The maximum atomic E-state index is 12.6. The molecule has 1 aliphatic rings. The second-order valence-electron chi connectivity index (χ2n) is 6.35. The minimum atomic E-state index is -0.320. The molecule has 0 aliphatic carbocycles. The number of halogens is 1. The zero-order valence-electron chi connectivity index (χ0n) is 14.2. The van der Waals surface area contributed by atoms with Gasteiger partial charge in [-0.05, 0) is 55.8 Å². The highest BCUT2D eigenvalue weighted by Crippen LogP contribution is 2.29. The molecule has 1 saturated heterocycles. The molecule has 0 bridgehead atoms. The first-order valence-electron chi connectivity index (χ1n) is 8.43. The molecule has 1 fully saturated rings. The summed E-state index contributed by atoms with van der Waals surface area (Å²) in [5.74, 6) is 0.0826. The minimum absolute atomic E-state index is 0.137. The molecule has 0 unspecified atom stereocenters. The third kappa shape index (κ3) is 2.95. The van der Waals surface area contributed by atoms with Crippen LogP contribution in [0.4, 0.5) is 11.4 Å². The van der Waals surface area contributed by atoms with E-state index in [2.05, 4.69) is 5.32 Å². The first kappa shape index (κ1) is 16.7. The van der Waals surface area contributed by atoms with Gasteiger partial charge in [0.2, 0.25) is 5.91 Å². The molecule has 1 aliphatic heterocycles. The van der Waals surface area contributed by atoms with Gasteiger partial charge < -0.3 is 14.6 Å². The Morgan fingerprint density at radius 1 is 1.19 bits per heavy atom. The van der Waals surface area contributed by atoms with E-state index in [0.29, 0.717) is 22.7 Å². The fourth-order valence-corrected chi connectivity index (χ4v) is 3.42. The first-order chi connectivity index (χ1) is 12.5. The standard InChI is InChI=1S/C20H17ClN2O3/c1-12-16-11-13(21)4-9-17(16)26-19(12)20(25)22-14-5-7-15(8-6-14)23-10-2-3-18(23)24/h4-9,11H,2-3,10H2,1H3,(H,22,25). The summed E-state index contributed by atoms with van der Waals surface area (Å²) in [6.45, 7) is 2.57. The number of carbonyl (C=O) groups excluding carboxylic acids is 2. The van der Waals surface area contributed by atoms with Gasteiger partial charge in [0.15, 0.2) is 5.76 Å². The van der Waals surface area contributed by atoms with Gasteiger partial charge in [-0.2, -0.15) is 0 Å². The van der Waals surface area contributed by atoms with Crippen LogP contribution in [0.25, 0.3) is 11.0 Å². The Labute approximate surface area is 155 Å². The van der Waals surface area contributed by atoms with Gasteiger partial charge in [-0.3, -0.25) is 9.59 Å². The van der Waals surface area contributed by atoms with Crippen molar-refractivity contribution >= 4 is 45.8 Å². The Morgan fingerprint density at radius 2 is 1.96 bits per heavy atom. The number of aryl methyl sites for hydroxylation is 1. The summed E-state index contributed by atoms with van der Waals surface area (Å²) >= 11 is 6.02. The molecular weight excluding hydrogens is 352 g/mol. The van der Waals surface area contributed by atoms with Crippen LogP contribution in [0.1, 0.15) is 29.0 Å². The SMILES string of the molecule is Cc1c(C(=O)Nc2ccc(N3CCCC3=O)cc2)oc2ccc(Cl)cc12. The Bertz CT molecular complexity index is 1010. The van der Waals surface area contributed by atoms with Crippen molar-refractivity contribution in [2.75, 3.05) is 16.8 Å². The number of carbonyl (C=O) groups is 2. The Hall–Kier alpha value is -2.79. The van der Waals surface area contributed by atoms with Crippen molar-refractivity contribution < 1.29 is 14.0 Å². The number of hydrogen-bond donors (Lipinski definition) is 1. The highest BCUT2D eigenvalue weighted by Gasteiger charge is 2.22. The van der Waals surface area contributed by atoms with E-state index in [9.17, 15) is 9.59 Å². The van der Waals surface area contributed by atoms with E-state index >= 15 is 0 Å². The van der Waals surface area contributed by atoms with Crippen LogP contribution in [0, 0.1) is 6.92 Å². The average molecular weight is 369 g/mol. The van der Waals surface area contributed by atoms with Crippen LogP contribution >= 0.6 is 11.6 Å². The number of rotatable bonds is 3. The lowest BCUT2D eigenvalue weighted by Crippen LogP contribution is -2.23. The van der Waals surface area contributed by atoms with Gasteiger partial charge in [-0.15, -0.1) is 0 Å². The van der Waals surface area contributed by atoms with Gasteiger partial charge in [0.25, 0.3) is 5.91 Å². The number of amides is 2. The molecule has 0 radical (unpaired) electrons. The molecule has 1 N–H and O–H groups in total. The highest BCUT2D eigenvalue weighted by atomic mass is 35.5. The molecule has 0 atom stereocenters. The highest BCUT2D eigenvalue weighted by molar-refractivity contribution is 6.31. The first-order valence-corrected chi connectivity index (χ1v) is 8.81. The summed E-state index contributed by atoms with van der Waals surface area (Å²) in [7, 11) is 0. The van der Waals surface area contributed by atoms with E-state index in [4.69, 9.17) is 16.0 Å². The van der Waals surface area contributed by atoms with Crippen molar-refractivity contribution in [3.05, 3.63) is 58.8 Å². The summed E-state index contributed by atoms with van der Waals surface area (Å²) in [4.78, 5) is 26.1. The van der Waals surface area contributed by atoms with E-state index in [0.717, 1.165) is 29.6 Å². The molecule has 132 valence electrons. The molecule has 2 heterocycles. The molecule has 3 aromatic rings. The lowest BCUT2D eigenvalue weighted by atomic mass is 10.1. The fraction of sp³-hybridized carbons (Fsp3) is 0.200. The van der Waals surface area contributed by atoms with E-state index in [-0.39, 0.29) is 17.6 Å². The molecule has 5 nitrogen and oxygen atoms in total. The normalized spacial score (nSPS) is 14.2. The van der Waals surface area contributed by atoms with Crippen molar-refractivity contribution in [2.45, 2.75) is 19.8 Å². The van der Waals surface area contributed by atoms with E-state index in [1.165, 1.54) is 0 Å². The summed E-state index contributed by atoms with van der Waals surface area (Å²) in [5.41, 5.74) is 2.86. The third-order valence-electron chi connectivity index (χ3n) is 4.61. The maximum absolute atomic E-state index is 12.6. The number of nitrogens with zero attached hydrogens (tertiary/aromatic N) is 1. The van der Waals surface area contributed by atoms with Crippen LogP contribution in [-0.2, 0) is 4.79 Å². The summed E-state index contributed by atoms with van der Waals surface area (Å²) in [6, 6.07) is 12.5. The van der Waals surface area contributed by atoms with Gasteiger partial charge in [-0.25, -0.2) is 0 Å². The van der Waals surface area contributed by atoms with Crippen LogP contribution in [-0.4, -0.2) is 18.4 Å². The molecule has 1 aromatic heterocycles. The number of nitrogens with one attached hydrogen (secondary N) is 1. The van der Waals surface area contributed by atoms with Crippen LogP contribution in [0.3, 0.4) is 0 Å². The predicted molar refractivity (Wildman–Crippen MR) is 102 cm³/mol. The number of furan rings is 1. The fourth-order valence-electron chi connectivity index (χ4n) is 3.24. The molecular formula is C20H17ClN2O3. The second-order valence-corrected chi connectivity index (χ2v) is 6.78. The summed E-state index contributed by atoms with van der Waals surface area (Å²) in [6.07, 6.45) is 1.47. The van der Waals surface area contributed by atoms with E-state index in [1.54, 1.807) is 35.2 Å².